The van der Waals surface area contributed by atoms with Crippen LogP contribution in [0.5, 0.6) is 0 Å². The first-order valence-corrected chi connectivity index (χ1v) is 10.8. The third kappa shape index (κ3) is 3.15. The van der Waals surface area contributed by atoms with Crippen LogP contribution in [0.4, 0.5) is 0 Å². The van der Waals surface area contributed by atoms with Gasteiger partial charge in [-0.3, -0.25) is 14.5 Å². The van der Waals surface area contributed by atoms with Crippen molar-refractivity contribution in [3.8, 4) is 0 Å². The Morgan fingerprint density at radius 2 is 2.04 bits per heavy atom. The van der Waals surface area contributed by atoms with Gasteiger partial charge in [-0.15, -0.1) is 0 Å². The lowest BCUT2D eigenvalue weighted by Crippen LogP contribution is -2.56. The van der Waals surface area contributed by atoms with Crippen molar-refractivity contribution in [1.82, 2.24) is 15.1 Å². The average molecular weight is 388 g/mol. The zero-order chi connectivity index (χ0) is 20.1. The van der Waals surface area contributed by atoms with E-state index in [9.17, 15) is 9.59 Å². The van der Waals surface area contributed by atoms with E-state index in [4.69, 9.17) is 4.42 Å². The zero-order valence-corrected chi connectivity index (χ0v) is 17.6. The molecule has 1 aromatic heterocycles. The number of likely N-dealkylation sites (tertiary alicyclic amines) is 2. The monoisotopic (exact) mass is 387 g/mol. The molecule has 0 bridgehead atoms. The number of nitrogens with zero attached hydrogens (tertiary/aromatic N) is 2. The molecule has 1 spiro atoms. The van der Waals surface area contributed by atoms with Crippen LogP contribution in [0.2, 0.25) is 0 Å². The van der Waals surface area contributed by atoms with Crippen molar-refractivity contribution in [3.63, 3.8) is 0 Å². The molecule has 2 amide bonds. The standard InChI is InChI=1S/C22H33N3O3/c1-5-6-15(3)25-12-17-18(13-25)22(23-20(17)26)7-9-24(10-8-22)21(27)19-11-14(2)16(4)28-19/h11,15,17-18H,5-10,12-13H2,1-4H3,(H,23,26)/t15-,17+,18-/m0/s1. The Morgan fingerprint density at radius 3 is 2.64 bits per heavy atom. The van der Waals surface area contributed by atoms with E-state index in [1.165, 1.54) is 12.8 Å². The molecule has 154 valence electrons. The van der Waals surface area contributed by atoms with Crippen LogP contribution in [0.1, 0.15) is 61.4 Å². The molecule has 4 rings (SSSR count). The van der Waals surface area contributed by atoms with Gasteiger partial charge in [0.1, 0.15) is 5.76 Å². The minimum absolute atomic E-state index is 0.0310. The minimum atomic E-state index is -0.145. The molecule has 1 N–H and O–H groups in total. The third-order valence-corrected chi connectivity index (χ3v) is 7.42. The molecule has 4 heterocycles. The molecular formula is C22H33N3O3. The zero-order valence-electron chi connectivity index (χ0n) is 17.6. The Kier molecular flexibility index (Phi) is 5.02. The van der Waals surface area contributed by atoms with Gasteiger partial charge in [0.2, 0.25) is 5.91 Å². The number of furan rings is 1. The van der Waals surface area contributed by atoms with E-state index < -0.39 is 0 Å². The van der Waals surface area contributed by atoms with E-state index in [2.05, 4.69) is 24.1 Å². The Balaban J connectivity index is 1.43. The van der Waals surface area contributed by atoms with Crippen LogP contribution in [0, 0.1) is 25.7 Å². The van der Waals surface area contributed by atoms with Crippen LogP contribution in [0.25, 0.3) is 0 Å². The molecule has 1 aromatic rings. The summed E-state index contributed by atoms with van der Waals surface area (Å²) in [6.07, 6.45) is 4.02. The summed E-state index contributed by atoms with van der Waals surface area (Å²) in [5, 5.41) is 3.35. The van der Waals surface area contributed by atoms with E-state index in [1.807, 2.05) is 24.8 Å². The molecule has 3 atom stereocenters. The van der Waals surface area contributed by atoms with Crippen LogP contribution in [0.15, 0.2) is 10.5 Å². The maximum Gasteiger partial charge on any atom is 0.289 e. The molecule has 0 radical (unpaired) electrons. The first kappa shape index (κ1) is 19.5. The Morgan fingerprint density at radius 1 is 1.32 bits per heavy atom. The molecule has 28 heavy (non-hydrogen) atoms. The fraction of sp³-hybridized carbons (Fsp3) is 0.727. The van der Waals surface area contributed by atoms with Crippen molar-refractivity contribution < 1.29 is 14.0 Å². The number of hydrogen-bond acceptors (Lipinski definition) is 4. The van der Waals surface area contributed by atoms with Gasteiger partial charge in [-0.2, -0.15) is 0 Å². The molecular weight excluding hydrogens is 354 g/mol. The second-order valence-electron chi connectivity index (χ2n) is 9.09. The second-order valence-corrected chi connectivity index (χ2v) is 9.09. The number of rotatable bonds is 4. The third-order valence-electron chi connectivity index (χ3n) is 7.42. The number of piperidine rings is 1. The fourth-order valence-electron chi connectivity index (χ4n) is 5.49. The number of carbonyl (C=O) groups is 2. The highest BCUT2D eigenvalue weighted by atomic mass is 16.4. The summed E-state index contributed by atoms with van der Waals surface area (Å²) in [7, 11) is 0. The smallest absolute Gasteiger partial charge is 0.289 e. The lowest BCUT2D eigenvalue weighted by molar-refractivity contribution is -0.123. The first-order valence-electron chi connectivity index (χ1n) is 10.8. The number of nitrogens with one attached hydrogen (secondary N) is 1. The Bertz CT molecular complexity index is 744. The molecule has 0 saturated carbocycles. The van der Waals surface area contributed by atoms with Crippen LogP contribution in [-0.4, -0.2) is 59.4 Å². The average Bonchev–Trinajstić information content (AvgIpc) is 3.32. The summed E-state index contributed by atoms with van der Waals surface area (Å²) < 4.78 is 5.63. The molecule has 3 saturated heterocycles. The van der Waals surface area contributed by atoms with Crippen molar-refractivity contribution >= 4 is 11.8 Å². The highest BCUT2D eigenvalue weighted by molar-refractivity contribution is 5.92. The topological polar surface area (TPSA) is 65.8 Å². The lowest BCUT2D eigenvalue weighted by Gasteiger charge is -2.42. The lowest BCUT2D eigenvalue weighted by atomic mass is 9.75. The molecule has 0 aliphatic carbocycles. The SMILES string of the molecule is CCC[C@H](C)N1C[C@H]2C(=O)NC3(CCN(C(=O)c4cc(C)c(C)o4)CC3)[C@H]2C1. The number of carbonyl (C=O) groups excluding carboxylic acids is 2. The molecule has 3 aliphatic rings. The summed E-state index contributed by atoms with van der Waals surface area (Å²) in [4.78, 5) is 29.9. The van der Waals surface area contributed by atoms with Gasteiger partial charge in [-0.1, -0.05) is 13.3 Å². The van der Waals surface area contributed by atoms with Crippen LogP contribution >= 0.6 is 0 Å². The van der Waals surface area contributed by atoms with Gasteiger partial charge in [-0.25, -0.2) is 0 Å². The van der Waals surface area contributed by atoms with Crippen molar-refractivity contribution in [2.75, 3.05) is 26.2 Å². The predicted molar refractivity (Wildman–Crippen MR) is 107 cm³/mol. The van der Waals surface area contributed by atoms with E-state index in [0.29, 0.717) is 30.8 Å². The van der Waals surface area contributed by atoms with Gasteiger partial charge in [0.15, 0.2) is 5.76 Å². The molecule has 0 aromatic carbocycles. The summed E-state index contributed by atoms with van der Waals surface area (Å²) in [6, 6.07) is 2.37. The van der Waals surface area contributed by atoms with Crippen LogP contribution < -0.4 is 5.32 Å². The summed E-state index contributed by atoms with van der Waals surface area (Å²) in [6.45, 7) is 11.6. The van der Waals surface area contributed by atoms with Crippen molar-refractivity contribution in [2.24, 2.45) is 11.8 Å². The highest BCUT2D eigenvalue weighted by Gasteiger charge is 2.57. The predicted octanol–water partition coefficient (Wildman–Crippen LogP) is 2.74. The van der Waals surface area contributed by atoms with Gasteiger partial charge < -0.3 is 14.6 Å². The first-order chi connectivity index (χ1) is 13.3. The van der Waals surface area contributed by atoms with Crippen molar-refractivity contribution in [3.05, 3.63) is 23.2 Å². The fourth-order valence-corrected chi connectivity index (χ4v) is 5.49. The van der Waals surface area contributed by atoms with E-state index in [-0.39, 0.29) is 23.3 Å². The number of amides is 2. The number of fused-ring (bicyclic) bond motifs is 2. The molecule has 3 aliphatic heterocycles. The largest absolute Gasteiger partial charge is 0.456 e. The van der Waals surface area contributed by atoms with Gasteiger partial charge in [0.25, 0.3) is 5.91 Å². The Labute approximate surface area is 167 Å². The highest BCUT2D eigenvalue weighted by Crippen LogP contribution is 2.44. The van der Waals surface area contributed by atoms with Crippen molar-refractivity contribution in [2.45, 2.75) is 65.0 Å². The maximum atomic E-state index is 12.8. The molecule has 3 fully saturated rings. The van der Waals surface area contributed by atoms with Gasteiger partial charge in [0.05, 0.1) is 5.92 Å². The van der Waals surface area contributed by atoms with Crippen LogP contribution in [-0.2, 0) is 4.79 Å². The minimum Gasteiger partial charge on any atom is -0.456 e. The number of aryl methyl sites for hydroxylation is 2. The van der Waals surface area contributed by atoms with E-state index >= 15 is 0 Å². The normalized spacial score (nSPS) is 27.9. The van der Waals surface area contributed by atoms with Gasteiger partial charge >= 0.3 is 0 Å². The number of hydrogen-bond donors (Lipinski definition) is 1. The summed E-state index contributed by atoms with van der Waals surface area (Å²) >= 11 is 0. The van der Waals surface area contributed by atoms with Crippen molar-refractivity contribution in [1.29, 1.82) is 0 Å². The maximum absolute atomic E-state index is 12.8. The Hall–Kier alpha value is -1.82. The summed E-state index contributed by atoms with van der Waals surface area (Å²) in [5.74, 6) is 1.89. The van der Waals surface area contributed by atoms with E-state index in [1.54, 1.807) is 0 Å². The van der Waals surface area contributed by atoms with Gasteiger partial charge in [-0.05, 0) is 51.7 Å². The molecule has 6 heteroatoms. The van der Waals surface area contributed by atoms with Crippen LogP contribution in [0.3, 0.4) is 0 Å². The quantitative estimate of drug-likeness (QED) is 0.863. The summed E-state index contributed by atoms with van der Waals surface area (Å²) in [5.41, 5.74) is 0.865. The second kappa shape index (κ2) is 7.21. The van der Waals surface area contributed by atoms with E-state index in [0.717, 1.165) is 37.3 Å². The molecule has 0 unspecified atom stereocenters. The molecule has 6 nitrogen and oxygen atoms in total. The van der Waals surface area contributed by atoms with Gasteiger partial charge in [0, 0.05) is 43.7 Å².